The molecule has 21 heavy (non-hydrogen) atoms. The zero-order chi connectivity index (χ0) is 15.5. The summed E-state index contributed by atoms with van der Waals surface area (Å²) in [6.07, 6.45) is 2.74. The van der Waals surface area contributed by atoms with Gasteiger partial charge in [-0.1, -0.05) is 39.8 Å². The molecule has 0 bridgehead atoms. The Morgan fingerprint density at radius 1 is 1.10 bits per heavy atom. The number of hydrogen-bond donors (Lipinski definition) is 0. The second-order valence-electron chi connectivity index (χ2n) is 6.17. The lowest BCUT2D eigenvalue weighted by molar-refractivity contribution is 0.439. The van der Waals surface area contributed by atoms with Crippen molar-refractivity contribution in [3.05, 3.63) is 53.2 Å². The first kappa shape index (κ1) is 15.8. The van der Waals surface area contributed by atoms with Crippen LogP contribution in [0, 0.1) is 0 Å². The zero-order valence-electron chi connectivity index (χ0n) is 13.1. The smallest absolute Gasteiger partial charge is 0.219 e. The molecule has 0 aliphatic heterocycles. The van der Waals surface area contributed by atoms with Crippen molar-refractivity contribution in [1.29, 1.82) is 0 Å². The Bertz CT molecular complexity index is 617. The van der Waals surface area contributed by atoms with E-state index in [0.29, 0.717) is 11.8 Å². The second kappa shape index (κ2) is 6.48. The Hall–Kier alpha value is -1.54. The van der Waals surface area contributed by atoms with Crippen molar-refractivity contribution in [2.45, 2.75) is 45.4 Å². The first-order valence-electron chi connectivity index (χ1n) is 7.26. The van der Waals surface area contributed by atoms with Gasteiger partial charge in [-0.25, -0.2) is 4.98 Å². The van der Waals surface area contributed by atoms with Gasteiger partial charge in [-0.15, -0.1) is 11.6 Å². The number of ether oxygens (including phenoxy) is 1. The highest BCUT2D eigenvalue weighted by Crippen LogP contribution is 2.34. The summed E-state index contributed by atoms with van der Waals surface area (Å²) in [4.78, 5) is 4.27. The largest absolute Gasteiger partial charge is 0.439 e. The molecule has 112 valence electrons. The Morgan fingerprint density at radius 2 is 1.86 bits per heavy atom. The van der Waals surface area contributed by atoms with Crippen LogP contribution in [0.25, 0.3) is 0 Å². The molecule has 2 rings (SSSR count). The quantitative estimate of drug-likeness (QED) is 0.698. The molecular formula is C18H22ClNO. The average Bonchev–Trinajstić information content (AvgIpc) is 2.46. The molecule has 0 aliphatic rings. The van der Waals surface area contributed by atoms with E-state index in [1.54, 1.807) is 6.20 Å². The Morgan fingerprint density at radius 3 is 2.48 bits per heavy atom. The highest BCUT2D eigenvalue weighted by molar-refractivity contribution is 6.17. The number of nitrogens with zero attached hydrogens (tertiary/aromatic N) is 1. The van der Waals surface area contributed by atoms with E-state index in [-0.39, 0.29) is 5.41 Å². The van der Waals surface area contributed by atoms with Crippen molar-refractivity contribution >= 4 is 11.6 Å². The third-order valence-corrected chi connectivity index (χ3v) is 3.74. The molecule has 0 unspecified atom stereocenters. The lowest BCUT2D eigenvalue weighted by atomic mass is 9.85. The van der Waals surface area contributed by atoms with E-state index in [2.05, 4.69) is 44.8 Å². The molecule has 1 heterocycles. The van der Waals surface area contributed by atoms with E-state index in [4.69, 9.17) is 16.3 Å². The molecule has 0 N–H and O–H groups in total. The van der Waals surface area contributed by atoms with E-state index in [1.165, 1.54) is 11.1 Å². The van der Waals surface area contributed by atoms with E-state index in [0.717, 1.165) is 17.7 Å². The summed E-state index contributed by atoms with van der Waals surface area (Å²) in [6.45, 7) is 8.74. The molecule has 1 aromatic carbocycles. The first-order valence-corrected chi connectivity index (χ1v) is 7.79. The Balaban J connectivity index is 2.39. The van der Waals surface area contributed by atoms with Crippen molar-refractivity contribution in [2.24, 2.45) is 0 Å². The molecule has 0 radical (unpaired) electrons. The van der Waals surface area contributed by atoms with Gasteiger partial charge >= 0.3 is 0 Å². The number of benzene rings is 1. The van der Waals surface area contributed by atoms with Gasteiger partial charge in [0.1, 0.15) is 5.75 Å². The molecular weight excluding hydrogens is 282 g/mol. The Kier molecular flexibility index (Phi) is 4.89. The fourth-order valence-electron chi connectivity index (χ4n) is 2.17. The van der Waals surface area contributed by atoms with Crippen molar-refractivity contribution in [3.63, 3.8) is 0 Å². The molecule has 2 aromatic rings. The Labute approximate surface area is 132 Å². The summed E-state index contributed by atoms with van der Waals surface area (Å²) in [6, 6.07) is 10.1. The first-order chi connectivity index (χ1) is 9.94. The van der Waals surface area contributed by atoms with Crippen molar-refractivity contribution in [1.82, 2.24) is 4.98 Å². The van der Waals surface area contributed by atoms with Crippen LogP contribution in [0.2, 0.25) is 0 Å². The third kappa shape index (κ3) is 3.98. The monoisotopic (exact) mass is 303 g/mol. The maximum atomic E-state index is 6.01. The van der Waals surface area contributed by atoms with Gasteiger partial charge in [0.25, 0.3) is 0 Å². The molecule has 0 saturated carbocycles. The van der Waals surface area contributed by atoms with E-state index in [9.17, 15) is 0 Å². The summed E-state index contributed by atoms with van der Waals surface area (Å²) < 4.78 is 6.01. The van der Waals surface area contributed by atoms with Crippen LogP contribution in [-0.4, -0.2) is 4.98 Å². The molecule has 2 nitrogen and oxygen atoms in total. The van der Waals surface area contributed by atoms with Crippen LogP contribution in [0.1, 0.15) is 44.4 Å². The van der Waals surface area contributed by atoms with Crippen LogP contribution in [0.5, 0.6) is 11.6 Å². The predicted molar refractivity (Wildman–Crippen MR) is 88.4 cm³/mol. The van der Waals surface area contributed by atoms with Gasteiger partial charge in [0.15, 0.2) is 0 Å². The van der Waals surface area contributed by atoms with Crippen molar-refractivity contribution < 1.29 is 4.74 Å². The SMILES string of the molecule is CCc1ccc(Oc2cc(CCl)ccn2)c(C(C)(C)C)c1. The number of aryl methyl sites for hydroxylation is 1. The lowest BCUT2D eigenvalue weighted by Gasteiger charge is -2.23. The van der Waals surface area contributed by atoms with Crippen molar-refractivity contribution in [3.8, 4) is 11.6 Å². The van der Waals surface area contributed by atoms with Crippen LogP contribution in [0.15, 0.2) is 36.5 Å². The van der Waals surface area contributed by atoms with Crippen LogP contribution >= 0.6 is 11.6 Å². The van der Waals surface area contributed by atoms with Gasteiger partial charge in [-0.3, -0.25) is 0 Å². The van der Waals surface area contributed by atoms with E-state index < -0.39 is 0 Å². The maximum Gasteiger partial charge on any atom is 0.219 e. The minimum absolute atomic E-state index is 0.0185. The molecule has 0 atom stereocenters. The summed E-state index contributed by atoms with van der Waals surface area (Å²) in [5.74, 6) is 1.90. The summed E-state index contributed by atoms with van der Waals surface area (Å²) in [5.41, 5.74) is 3.53. The van der Waals surface area contributed by atoms with Gasteiger partial charge < -0.3 is 4.74 Å². The molecule has 0 spiro atoms. The highest BCUT2D eigenvalue weighted by atomic mass is 35.5. The van der Waals surface area contributed by atoms with Gasteiger partial charge in [0, 0.05) is 23.7 Å². The molecule has 0 amide bonds. The van der Waals surface area contributed by atoms with Crippen LogP contribution in [-0.2, 0) is 17.7 Å². The van der Waals surface area contributed by atoms with Gasteiger partial charge in [-0.2, -0.15) is 0 Å². The molecule has 3 heteroatoms. The number of alkyl halides is 1. The van der Waals surface area contributed by atoms with Gasteiger partial charge in [-0.05, 0) is 35.1 Å². The van der Waals surface area contributed by atoms with Crippen LogP contribution in [0.4, 0.5) is 0 Å². The molecule has 0 fully saturated rings. The lowest BCUT2D eigenvalue weighted by Crippen LogP contribution is -2.13. The third-order valence-electron chi connectivity index (χ3n) is 3.43. The minimum atomic E-state index is 0.0185. The zero-order valence-corrected chi connectivity index (χ0v) is 13.9. The second-order valence-corrected chi connectivity index (χ2v) is 6.44. The summed E-state index contributed by atoms with van der Waals surface area (Å²) >= 11 is 5.86. The molecule has 0 saturated heterocycles. The summed E-state index contributed by atoms with van der Waals surface area (Å²) in [7, 11) is 0. The highest BCUT2D eigenvalue weighted by Gasteiger charge is 2.20. The minimum Gasteiger partial charge on any atom is -0.439 e. The fourth-order valence-corrected chi connectivity index (χ4v) is 2.34. The number of hydrogen-bond acceptors (Lipinski definition) is 2. The maximum absolute atomic E-state index is 6.01. The fraction of sp³-hybridized carbons (Fsp3) is 0.389. The average molecular weight is 304 g/mol. The van der Waals surface area contributed by atoms with Gasteiger partial charge in [0.2, 0.25) is 5.88 Å². The van der Waals surface area contributed by atoms with Crippen LogP contribution < -0.4 is 4.74 Å². The van der Waals surface area contributed by atoms with Crippen molar-refractivity contribution in [2.75, 3.05) is 0 Å². The molecule has 0 aliphatic carbocycles. The molecule has 1 aromatic heterocycles. The van der Waals surface area contributed by atoms with Gasteiger partial charge in [0.05, 0.1) is 0 Å². The number of pyridine rings is 1. The summed E-state index contributed by atoms with van der Waals surface area (Å²) in [5, 5.41) is 0. The van der Waals surface area contributed by atoms with E-state index in [1.807, 2.05) is 18.2 Å². The normalized spacial score (nSPS) is 11.5. The van der Waals surface area contributed by atoms with Crippen LogP contribution in [0.3, 0.4) is 0 Å². The standard InChI is InChI=1S/C18H22ClNO/c1-5-13-6-7-16(15(10-13)18(2,3)4)21-17-11-14(12-19)8-9-20-17/h6-11H,5,12H2,1-4H3. The number of aromatic nitrogens is 1. The topological polar surface area (TPSA) is 22.1 Å². The number of rotatable bonds is 4. The van der Waals surface area contributed by atoms with E-state index >= 15 is 0 Å². The number of halogens is 1. The predicted octanol–water partition coefficient (Wildman–Crippen LogP) is 5.47.